The Balaban J connectivity index is 2.03. The standard InChI is InChI=1S/C12H17ClN2O/c13-10-6-7-12(15-11(10)8-14)16-9-4-2-1-3-5-9/h6-7,9H,1-5,8,14H2. The first kappa shape index (κ1) is 11.7. The average Bonchev–Trinajstić information content (AvgIpc) is 2.33. The fourth-order valence-corrected chi connectivity index (χ4v) is 2.21. The molecule has 2 rings (SSSR count). The van der Waals surface area contributed by atoms with E-state index in [1.807, 2.05) is 6.07 Å². The molecule has 2 N–H and O–H groups in total. The van der Waals surface area contributed by atoms with Crippen molar-refractivity contribution in [2.75, 3.05) is 0 Å². The van der Waals surface area contributed by atoms with Gasteiger partial charge < -0.3 is 10.5 Å². The molecule has 4 heteroatoms. The quantitative estimate of drug-likeness (QED) is 0.884. The van der Waals surface area contributed by atoms with Gasteiger partial charge >= 0.3 is 0 Å². The van der Waals surface area contributed by atoms with Crippen LogP contribution in [0.5, 0.6) is 5.88 Å². The van der Waals surface area contributed by atoms with Gasteiger partial charge in [0.2, 0.25) is 5.88 Å². The van der Waals surface area contributed by atoms with E-state index < -0.39 is 0 Å². The average molecular weight is 241 g/mol. The van der Waals surface area contributed by atoms with Crippen LogP contribution in [0, 0.1) is 0 Å². The maximum Gasteiger partial charge on any atom is 0.213 e. The van der Waals surface area contributed by atoms with E-state index in [4.69, 9.17) is 22.1 Å². The molecule has 1 fully saturated rings. The summed E-state index contributed by atoms with van der Waals surface area (Å²) in [5.74, 6) is 0.650. The molecule has 0 radical (unpaired) electrons. The molecule has 3 nitrogen and oxygen atoms in total. The van der Waals surface area contributed by atoms with Gasteiger partial charge in [0.1, 0.15) is 6.10 Å². The number of pyridine rings is 1. The minimum Gasteiger partial charge on any atom is -0.474 e. The summed E-state index contributed by atoms with van der Waals surface area (Å²) < 4.78 is 5.83. The van der Waals surface area contributed by atoms with E-state index in [1.165, 1.54) is 19.3 Å². The number of nitrogens with zero attached hydrogens (tertiary/aromatic N) is 1. The van der Waals surface area contributed by atoms with Crippen LogP contribution in [0.3, 0.4) is 0 Å². The van der Waals surface area contributed by atoms with Crippen molar-refractivity contribution in [3.63, 3.8) is 0 Å². The predicted octanol–water partition coefficient (Wildman–Crippen LogP) is 2.91. The van der Waals surface area contributed by atoms with Gasteiger partial charge in [-0.3, -0.25) is 0 Å². The molecule has 0 saturated heterocycles. The molecule has 0 aromatic carbocycles. The fraction of sp³-hybridized carbons (Fsp3) is 0.583. The maximum atomic E-state index is 5.94. The first-order valence-electron chi connectivity index (χ1n) is 5.82. The number of ether oxygens (including phenoxy) is 1. The molecule has 1 aliphatic carbocycles. The Morgan fingerprint density at radius 3 is 2.75 bits per heavy atom. The van der Waals surface area contributed by atoms with Gasteiger partial charge in [0, 0.05) is 12.6 Å². The van der Waals surface area contributed by atoms with Crippen LogP contribution in [-0.4, -0.2) is 11.1 Å². The van der Waals surface area contributed by atoms with Crippen molar-refractivity contribution in [2.24, 2.45) is 5.73 Å². The molecule has 0 atom stereocenters. The lowest BCUT2D eigenvalue weighted by Crippen LogP contribution is -2.20. The smallest absolute Gasteiger partial charge is 0.213 e. The van der Waals surface area contributed by atoms with Crippen molar-refractivity contribution in [1.29, 1.82) is 0 Å². The van der Waals surface area contributed by atoms with Crippen LogP contribution in [0.2, 0.25) is 5.02 Å². The highest BCUT2D eigenvalue weighted by atomic mass is 35.5. The van der Waals surface area contributed by atoms with E-state index in [-0.39, 0.29) is 0 Å². The number of nitrogens with two attached hydrogens (primary N) is 1. The van der Waals surface area contributed by atoms with Crippen LogP contribution in [-0.2, 0) is 6.54 Å². The summed E-state index contributed by atoms with van der Waals surface area (Å²) in [7, 11) is 0. The van der Waals surface area contributed by atoms with Crippen molar-refractivity contribution in [3.05, 3.63) is 22.8 Å². The van der Waals surface area contributed by atoms with Crippen molar-refractivity contribution in [2.45, 2.75) is 44.8 Å². The summed E-state index contributed by atoms with van der Waals surface area (Å²) in [4.78, 5) is 4.31. The van der Waals surface area contributed by atoms with E-state index in [1.54, 1.807) is 6.07 Å². The van der Waals surface area contributed by atoms with Gasteiger partial charge in [0.25, 0.3) is 0 Å². The first-order chi connectivity index (χ1) is 7.79. The summed E-state index contributed by atoms with van der Waals surface area (Å²) in [6.45, 7) is 0.348. The Bertz CT molecular complexity index is 351. The number of hydrogen-bond donors (Lipinski definition) is 1. The van der Waals surface area contributed by atoms with Crippen molar-refractivity contribution in [3.8, 4) is 5.88 Å². The molecule has 1 saturated carbocycles. The molecule has 1 aliphatic rings. The second-order valence-electron chi connectivity index (χ2n) is 4.16. The van der Waals surface area contributed by atoms with Crippen LogP contribution in [0.1, 0.15) is 37.8 Å². The van der Waals surface area contributed by atoms with Crippen LogP contribution in [0.4, 0.5) is 0 Å². The van der Waals surface area contributed by atoms with E-state index in [9.17, 15) is 0 Å². The largest absolute Gasteiger partial charge is 0.474 e. The number of hydrogen-bond acceptors (Lipinski definition) is 3. The molecular weight excluding hydrogens is 224 g/mol. The van der Waals surface area contributed by atoms with Gasteiger partial charge in [-0.25, -0.2) is 4.98 Å². The Labute approximate surface area is 101 Å². The van der Waals surface area contributed by atoms with Crippen LogP contribution < -0.4 is 10.5 Å². The van der Waals surface area contributed by atoms with Gasteiger partial charge in [0.05, 0.1) is 10.7 Å². The van der Waals surface area contributed by atoms with Crippen molar-refractivity contribution >= 4 is 11.6 Å². The molecule has 16 heavy (non-hydrogen) atoms. The summed E-state index contributed by atoms with van der Waals surface area (Å²) in [6, 6.07) is 3.62. The molecule has 0 aliphatic heterocycles. The van der Waals surface area contributed by atoms with E-state index in [0.29, 0.717) is 29.2 Å². The third-order valence-electron chi connectivity index (χ3n) is 2.93. The van der Waals surface area contributed by atoms with Crippen molar-refractivity contribution < 1.29 is 4.74 Å². The zero-order valence-electron chi connectivity index (χ0n) is 9.29. The lowest BCUT2D eigenvalue weighted by atomic mass is 9.98. The lowest BCUT2D eigenvalue weighted by molar-refractivity contribution is 0.148. The highest BCUT2D eigenvalue weighted by Gasteiger charge is 2.15. The molecule has 0 bridgehead atoms. The molecular formula is C12H17ClN2O. The van der Waals surface area contributed by atoms with E-state index in [0.717, 1.165) is 12.8 Å². The summed E-state index contributed by atoms with van der Waals surface area (Å²) in [5.41, 5.74) is 6.25. The molecule has 88 valence electrons. The monoisotopic (exact) mass is 240 g/mol. The topological polar surface area (TPSA) is 48.1 Å². The second kappa shape index (κ2) is 5.51. The molecule has 0 unspecified atom stereocenters. The SMILES string of the molecule is NCc1nc(OC2CCCCC2)ccc1Cl. The summed E-state index contributed by atoms with van der Waals surface area (Å²) >= 11 is 5.94. The minimum absolute atomic E-state index is 0.313. The predicted molar refractivity (Wildman–Crippen MR) is 64.6 cm³/mol. The Kier molecular flexibility index (Phi) is 4.02. The van der Waals surface area contributed by atoms with Crippen molar-refractivity contribution in [1.82, 2.24) is 4.98 Å². The molecule has 1 aromatic rings. The highest BCUT2D eigenvalue weighted by molar-refractivity contribution is 6.31. The fourth-order valence-electron chi connectivity index (χ4n) is 2.03. The van der Waals surface area contributed by atoms with Gasteiger partial charge in [-0.2, -0.15) is 0 Å². The Hall–Kier alpha value is -0.800. The van der Waals surface area contributed by atoms with Crippen LogP contribution >= 0.6 is 11.6 Å². The minimum atomic E-state index is 0.313. The maximum absolute atomic E-state index is 5.94. The first-order valence-corrected chi connectivity index (χ1v) is 6.19. The number of aromatic nitrogens is 1. The number of halogens is 1. The molecule has 0 amide bonds. The van der Waals surface area contributed by atoms with Crippen LogP contribution in [0.15, 0.2) is 12.1 Å². The zero-order valence-corrected chi connectivity index (χ0v) is 10.0. The lowest BCUT2D eigenvalue weighted by Gasteiger charge is -2.22. The molecule has 1 heterocycles. The molecule has 0 spiro atoms. The van der Waals surface area contributed by atoms with Gasteiger partial charge in [0.15, 0.2) is 0 Å². The second-order valence-corrected chi connectivity index (χ2v) is 4.57. The van der Waals surface area contributed by atoms with Gasteiger partial charge in [-0.1, -0.05) is 18.0 Å². The zero-order chi connectivity index (χ0) is 11.4. The third-order valence-corrected chi connectivity index (χ3v) is 3.27. The molecule has 1 aromatic heterocycles. The highest BCUT2D eigenvalue weighted by Crippen LogP contribution is 2.24. The van der Waals surface area contributed by atoms with Gasteiger partial charge in [-0.15, -0.1) is 0 Å². The normalized spacial score (nSPS) is 17.4. The number of rotatable bonds is 3. The summed E-state index contributed by atoms with van der Waals surface area (Å²) in [6.07, 6.45) is 6.39. The summed E-state index contributed by atoms with van der Waals surface area (Å²) in [5, 5.41) is 0.610. The van der Waals surface area contributed by atoms with E-state index >= 15 is 0 Å². The Morgan fingerprint density at radius 2 is 2.06 bits per heavy atom. The van der Waals surface area contributed by atoms with Gasteiger partial charge in [-0.05, 0) is 31.7 Å². The van der Waals surface area contributed by atoms with Crippen LogP contribution in [0.25, 0.3) is 0 Å². The Morgan fingerprint density at radius 1 is 1.31 bits per heavy atom. The van der Waals surface area contributed by atoms with E-state index in [2.05, 4.69) is 4.98 Å². The third kappa shape index (κ3) is 2.86.